The normalized spacial score (nSPS) is 53.6. The number of carbonyl (C=O) groups is 2. The van der Waals surface area contributed by atoms with E-state index in [1.807, 2.05) is 0 Å². The van der Waals surface area contributed by atoms with E-state index in [0.717, 1.165) is 6.42 Å². The molecule has 0 aromatic heterocycles. The van der Waals surface area contributed by atoms with Gasteiger partial charge in [0.05, 0.1) is 17.2 Å². The molecule has 1 saturated heterocycles. The highest BCUT2D eigenvalue weighted by Crippen LogP contribution is 2.59. The summed E-state index contributed by atoms with van der Waals surface area (Å²) >= 11 is 6.07. The third-order valence-electron chi connectivity index (χ3n) is 3.81. The molecule has 6 atom stereocenters. The summed E-state index contributed by atoms with van der Waals surface area (Å²) in [5, 5.41) is 8.72. The van der Waals surface area contributed by atoms with E-state index >= 15 is 0 Å². The number of esters is 1. The highest BCUT2D eigenvalue weighted by Gasteiger charge is 2.68. The molecule has 3 fully saturated rings. The molecule has 2 saturated carbocycles. The molecule has 0 amide bonds. The molecule has 1 heterocycles. The minimum absolute atomic E-state index is 0.0519. The fourth-order valence-electron chi connectivity index (χ4n) is 3.31. The summed E-state index contributed by atoms with van der Waals surface area (Å²) < 4.78 is 5.10. The van der Waals surface area contributed by atoms with E-state index in [2.05, 4.69) is 0 Å². The average Bonchev–Trinajstić information content (AvgIpc) is 2.67. The van der Waals surface area contributed by atoms with Crippen molar-refractivity contribution in [2.75, 3.05) is 0 Å². The molecule has 0 aromatic carbocycles. The van der Waals surface area contributed by atoms with E-state index in [4.69, 9.17) is 21.4 Å². The summed E-state index contributed by atoms with van der Waals surface area (Å²) in [4.78, 5) is 22.4. The number of halogens is 1. The second-order valence-electron chi connectivity index (χ2n) is 4.30. The summed E-state index contributed by atoms with van der Waals surface area (Å²) in [5.74, 6) is -2.36. The number of hydrogen-bond donors (Lipinski definition) is 1. The van der Waals surface area contributed by atoms with Crippen LogP contribution in [0.2, 0.25) is 0 Å². The zero-order valence-electron chi connectivity index (χ0n) is 7.22. The van der Waals surface area contributed by atoms with Crippen LogP contribution < -0.4 is 0 Å². The molecule has 0 aromatic rings. The van der Waals surface area contributed by atoms with Crippen molar-refractivity contribution in [3.8, 4) is 0 Å². The summed E-state index contributed by atoms with van der Waals surface area (Å²) in [6.45, 7) is 0. The fraction of sp³-hybridized carbons (Fsp3) is 0.778. The van der Waals surface area contributed by atoms with Gasteiger partial charge in [-0.05, 0) is 12.3 Å². The van der Waals surface area contributed by atoms with Gasteiger partial charge in [0.2, 0.25) is 0 Å². The molecule has 0 unspecified atom stereocenters. The van der Waals surface area contributed by atoms with Crippen LogP contribution in [0.25, 0.3) is 0 Å². The van der Waals surface area contributed by atoms with Crippen LogP contribution in [0, 0.1) is 23.7 Å². The van der Waals surface area contributed by atoms with Crippen LogP contribution in [-0.2, 0) is 14.3 Å². The van der Waals surface area contributed by atoms with Crippen LogP contribution >= 0.6 is 11.6 Å². The lowest BCUT2D eigenvalue weighted by atomic mass is 9.80. The predicted molar refractivity (Wildman–Crippen MR) is 45.7 cm³/mol. The van der Waals surface area contributed by atoms with Crippen LogP contribution in [-0.4, -0.2) is 28.5 Å². The van der Waals surface area contributed by atoms with Crippen LogP contribution in [0.5, 0.6) is 0 Å². The molecule has 3 rings (SSSR count). The number of hydrogen-bond acceptors (Lipinski definition) is 3. The molecule has 14 heavy (non-hydrogen) atoms. The molecule has 3 aliphatic rings. The molecular weight excluding hydrogens is 208 g/mol. The first-order valence-corrected chi connectivity index (χ1v) is 5.12. The standard InChI is InChI=1S/C9H9ClO4/c10-6-2-1-3-5(4(2)8(11)12)9(13)14-7(3)6/h2-7H,1H2,(H,11,12)/t2-,3-,4-,5+,6+,7-/m1/s1. The summed E-state index contributed by atoms with van der Waals surface area (Å²) in [6, 6.07) is 0. The number of aliphatic carboxylic acids is 1. The molecule has 2 aliphatic carbocycles. The first-order chi connectivity index (χ1) is 6.61. The number of rotatable bonds is 1. The van der Waals surface area contributed by atoms with E-state index in [9.17, 15) is 9.59 Å². The van der Waals surface area contributed by atoms with Crippen molar-refractivity contribution in [2.24, 2.45) is 23.7 Å². The maximum atomic E-state index is 11.4. The lowest BCUT2D eigenvalue weighted by molar-refractivity contribution is -0.151. The lowest BCUT2D eigenvalue weighted by Crippen LogP contribution is -2.38. The quantitative estimate of drug-likeness (QED) is 0.512. The van der Waals surface area contributed by atoms with Crippen molar-refractivity contribution in [2.45, 2.75) is 17.9 Å². The number of carboxylic acid groups (broad SMARTS) is 1. The molecule has 0 spiro atoms. The van der Waals surface area contributed by atoms with Gasteiger partial charge in [0.25, 0.3) is 0 Å². The predicted octanol–water partition coefficient (Wildman–Crippen LogP) is 0.486. The van der Waals surface area contributed by atoms with Crippen molar-refractivity contribution in [1.29, 1.82) is 0 Å². The topological polar surface area (TPSA) is 63.6 Å². The maximum absolute atomic E-state index is 11.4. The Bertz CT molecular complexity index is 329. The monoisotopic (exact) mass is 216 g/mol. The van der Waals surface area contributed by atoms with E-state index in [-0.39, 0.29) is 29.3 Å². The molecular formula is C9H9ClO4. The number of carbonyl (C=O) groups excluding carboxylic acids is 1. The Balaban J connectivity index is 2.04. The Morgan fingerprint density at radius 2 is 2.21 bits per heavy atom. The van der Waals surface area contributed by atoms with Crippen LogP contribution in [0.15, 0.2) is 0 Å². The van der Waals surface area contributed by atoms with Crippen LogP contribution in [0.4, 0.5) is 0 Å². The number of ether oxygens (including phenoxy) is 1. The Hall–Kier alpha value is -0.770. The smallest absolute Gasteiger partial charge is 0.310 e. The van der Waals surface area contributed by atoms with Gasteiger partial charge in [0, 0.05) is 5.92 Å². The Morgan fingerprint density at radius 1 is 1.50 bits per heavy atom. The van der Waals surface area contributed by atoms with E-state index in [0.29, 0.717) is 0 Å². The fourth-order valence-corrected chi connectivity index (χ4v) is 3.81. The van der Waals surface area contributed by atoms with Gasteiger partial charge < -0.3 is 9.84 Å². The maximum Gasteiger partial charge on any atom is 0.310 e. The SMILES string of the molecule is O=C(O)[C@@H]1[C@H]2C[C@H]3[C@@H](OC(=O)[C@@H]31)[C@H]2Cl. The van der Waals surface area contributed by atoms with Gasteiger partial charge in [-0.1, -0.05) is 0 Å². The third kappa shape index (κ3) is 0.764. The second-order valence-corrected chi connectivity index (χ2v) is 4.80. The molecule has 5 heteroatoms. The molecule has 76 valence electrons. The van der Waals surface area contributed by atoms with E-state index in [1.54, 1.807) is 0 Å². The number of carboxylic acids is 1. The first kappa shape index (κ1) is 8.53. The van der Waals surface area contributed by atoms with Gasteiger partial charge in [-0.3, -0.25) is 9.59 Å². The van der Waals surface area contributed by atoms with Gasteiger partial charge in [-0.25, -0.2) is 0 Å². The van der Waals surface area contributed by atoms with Crippen molar-refractivity contribution < 1.29 is 19.4 Å². The number of fused-ring (bicyclic) bond motifs is 1. The van der Waals surface area contributed by atoms with E-state index in [1.165, 1.54) is 0 Å². The molecule has 1 aliphatic heterocycles. The molecule has 0 radical (unpaired) electrons. The lowest BCUT2D eigenvalue weighted by Gasteiger charge is -2.24. The van der Waals surface area contributed by atoms with E-state index < -0.39 is 17.8 Å². The molecule has 4 nitrogen and oxygen atoms in total. The first-order valence-electron chi connectivity index (χ1n) is 4.68. The van der Waals surface area contributed by atoms with Gasteiger partial charge in [-0.15, -0.1) is 11.6 Å². The van der Waals surface area contributed by atoms with Crippen LogP contribution in [0.3, 0.4) is 0 Å². The van der Waals surface area contributed by atoms with Crippen LogP contribution in [0.1, 0.15) is 6.42 Å². The van der Waals surface area contributed by atoms with Crippen molar-refractivity contribution in [1.82, 2.24) is 0 Å². The van der Waals surface area contributed by atoms with Crippen molar-refractivity contribution in [3.63, 3.8) is 0 Å². The van der Waals surface area contributed by atoms with Crippen molar-refractivity contribution >= 4 is 23.5 Å². The Kier molecular flexibility index (Phi) is 1.48. The third-order valence-corrected chi connectivity index (χ3v) is 4.38. The minimum Gasteiger partial charge on any atom is -0.481 e. The summed E-state index contributed by atoms with van der Waals surface area (Å²) in [7, 11) is 0. The largest absolute Gasteiger partial charge is 0.481 e. The summed E-state index contributed by atoms with van der Waals surface area (Å²) in [6.07, 6.45) is 0.501. The van der Waals surface area contributed by atoms with Gasteiger partial charge in [-0.2, -0.15) is 0 Å². The second kappa shape index (κ2) is 2.42. The average molecular weight is 217 g/mol. The highest BCUT2D eigenvalue weighted by molar-refractivity contribution is 6.22. The number of alkyl halides is 1. The van der Waals surface area contributed by atoms with Crippen molar-refractivity contribution in [3.05, 3.63) is 0 Å². The minimum atomic E-state index is -0.912. The zero-order valence-corrected chi connectivity index (χ0v) is 7.98. The molecule has 1 N–H and O–H groups in total. The Morgan fingerprint density at radius 3 is 2.86 bits per heavy atom. The summed E-state index contributed by atoms with van der Waals surface area (Å²) in [5.41, 5.74) is 0. The van der Waals surface area contributed by atoms with Gasteiger partial charge in [0.1, 0.15) is 6.10 Å². The highest BCUT2D eigenvalue weighted by atomic mass is 35.5. The Labute approximate surface area is 85.2 Å². The van der Waals surface area contributed by atoms with Gasteiger partial charge in [0.15, 0.2) is 0 Å². The van der Waals surface area contributed by atoms with Gasteiger partial charge >= 0.3 is 11.9 Å². The molecule has 2 bridgehead atoms. The zero-order chi connectivity index (χ0) is 10.0.